The Labute approximate surface area is 156 Å². The second kappa shape index (κ2) is 7.48. The van der Waals surface area contributed by atoms with Crippen LogP contribution in [0.15, 0.2) is 47.4 Å². The molecule has 0 bridgehead atoms. The first-order valence-electron chi connectivity index (χ1n) is 7.99. The standard InChI is InChI=1S/C18H24N2O4S2/c1-13-9-10-17(14(2)11-13)18(19-26(23,24)20(3)4)15-7-6-8-16(12-15)25(5,21)22/h6-12,18-19H,1-5H3/t18-/m1/s1. The molecule has 0 spiro atoms. The molecule has 1 N–H and O–H groups in total. The summed E-state index contributed by atoms with van der Waals surface area (Å²) in [7, 11) is -4.26. The number of hydrogen-bond acceptors (Lipinski definition) is 4. The summed E-state index contributed by atoms with van der Waals surface area (Å²) in [5.74, 6) is 0. The first kappa shape index (κ1) is 20.6. The minimum Gasteiger partial charge on any atom is -0.224 e. The first-order chi connectivity index (χ1) is 11.9. The third-order valence-corrected chi connectivity index (χ3v) is 6.71. The molecular formula is C18H24N2O4S2. The molecule has 0 heterocycles. The molecule has 6 nitrogen and oxygen atoms in total. The highest BCUT2D eigenvalue weighted by Crippen LogP contribution is 2.28. The van der Waals surface area contributed by atoms with Crippen LogP contribution in [-0.4, -0.2) is 41.5 Å². The van der Waals surface area contributed by atoms with Crippen LogP contribution in [0.5, 0.6) is 0 Å². The number of hydrogen-bond donors (Lipinski definition) is 1. The van der Waals surface area contributed by atoms with Gasteiger partial charge < -0.3 is 0 Å². The van der Waals surface area contributed by atoms with Gasteiger partial charge in [0.1, 0.15) is 0 Å². The fourth-order valence-electron chi connectivity index (χ4n) is 2.64. The van der Waals surface area contributed by atoms with Crippen LogP contribution < -0.4 is 4.72 Å². The molecular weight excluding hydrogens is 372 g/mol. The summed E-state index contributed by atoms with van der Waals surface area (Å²) in [6, 6.07) is 11.4. The quantitative estimate of drug-likeness (QED) is 0.811. The largest absolute Gasteiger partial charge is 0.279 e. The van der Waals surface area contributed by atoms with Crippen LogP contribution in [-0.2, 0) is 20.0 Å². The Morgan fingerprint density at radius 2 is 1.62 bits per heavy atom. The fourth-order valence-corrected chi connectivity index (χ4v) is 4.09. The van der Waals surface area contributed by atoms with Gasteiger partial charge in [0.2, 0.25) is 0 Å². The van der Waals surface area contributed by atoms with Gasteiger partial charge in [-0.05, 0) is 42.7 Å². The summed E-state index contributed by atoms with van der Waals surface area (Å²) < 4.78 is 52.4. The van der Waals surface area contributed by atoms with Crippen LogP contribution in [0.4, 0.5) is 0 Å². The van der Waals surface area contributed by atoms with E-state index in [1.165, 1.54) is 26.2 Å². The first-order valence-corrected chi connectivity index (χ1v) is 11.3. The molecule has 1 atom stereocenters. The van der Waals surface area contributed by atoms with Crippen molar-refractivity contribution in [3.8, 4) is 0 Å². The van der Waals surface area contributed by atoms with E-state index in [-0.39, 0.29) is 4.90 Å². The average molecular weight is 397 g/mol. The summed E-state index contributed by atoms with van der Waals surface area (Å²) in [4.78, 5) is 0.147. The van der Waals surface area contributed by atoms with Crippen molar-refractivity contribution in [2.75, 3.05) is 20.4 Å². The molecule has 2 rings (SSSR count). The lowest BCUT2D eigenvalue weighted by Crippen LogP contribution is -2.38. The maximum Gasteiger partial charge on any atom is 0.279 e. The number of rotatable bonds is 6. The molecule has 0 unspecified atom stereocenters. The van der Waals surface area contributed by atoms with Gasteiger partial charge in [0.25, 0.3) is 10.2 Å². The van der Waals surface area contributed by atoms with Gasteiger partial charge in [0.05, 0.1) is 10.9 Å². The monoisotopic (exact) mass is 396 g/mol. The van der Waals surface area contributed by atoms with Crippen LogP contribution in [0, 0.1) is 13.8 Å². The predicted octanol–water partition coefficient (Wildman–Crippen LogP) is 2.19. The SMILES string of the molecule is Cc1ccc([C@H](NS(=O)(=O)N(C)C)c2cccc(S(C)(=O)=O)c2)c(C)c1. The van der Waals surface area contributed by atoms with E-state index in [2.05, 4.69) is 4.72 Å². The number of sulfone groups is 1. The van der Waals surface area contributed by atoms with Gasteiger partial charge in [-0.2, -0.15) is 17.4 Å². The lowest BCUT2D eigenvalue weighted by molar-refractivity contribution is 0.498. The van der Waals surface area contributed by atoms with E-state index in [1.807, 2.05) is 32.0 Å². The zero-order valence-electron chi connectivity index (χ0n) is 15.5. The Morgan fingerprint density at radius 3 is 2.15 bits per heavy atom. The molecule has 2 aromatic rings. The third kappa shape index (κ3) is 4.70. The smallest absolute Gasteiger partial charge is 0.224 e. The van der Waals surface area contributed by atoms with Crippen molar-refractivity contribution in [3.05, 3.63) is 64.7 Å². The van der Waals surface area contributed by atoms with E-state index in [9.17, 15) is 16.8 Å². The van der Waals surface area contributed by atoms with Gasteiger partial charge in [-0.3, -0.25) is 0 Å². The number of nitrogens with zero attached hydrogens (tertiary/aromatic N) is 1. The van der Waals surface area contributed by atoms with Gasteiger partial charge in [-0.15, -0.1) is 0 Å². The second-order valence-electron chi connectivity index (χ2n) is 6.54. The van der Waals surface area contributed by atoms with Crippen molar-refractivity contribution < 1.29 is 16.8 Å². The van der Waals surface area contributed by atoms with Crippen molar-refractivity contribution >= 4 is 20.0 Å². The average Bonchev–Trinajstić information content (AvgIpc) is 2.52. The van der Waals surface area contributed by atoms with Crippen LogP contribution >= 0.6 is 0 Å². The summed E-state index contributed by atoms with van der Waals surface area (Å²) in [5, 5.41) is 0. The molecule has 0 aromatic heterocycles. The van der Waals surface area contributed by atoms with E-state index in [4.69, 9.17) is 0 Å². The summed E-state index contributed by atoms with van der Waals surface area (Å²) in [6.45, 7) is 3.86. The molecule has 0 aliphatic rings. The summed E-state index contributed by atoms with van der Waals surface area (Å²) in [6.07, 6.45) is 1.13. The van der Waals surface area contributed by atoms with E-state index in [0.29, 0.717) is 5.56 Å². The number of benzene rings is 2. The van der Waals surface area contributed by atoms with Crippen molar-refractivity contribution in [3.63, 3.8) is 0 Å². The molecule has 142 valence electrons. The van der Waals surface area contributed by atoms with Crippen LogP contribution in [0.3, 0.4) is 0 Å². The van der Waals surface area contributed by atoms with Crippen molar-refractivity contribution in [2.45, 2.75) is 24.8 Å². The molecule has 26 heavy (non-hydrogen) atoms. The molecule has 0 radical (unpaired) electrons. The Hall–Kier alpha value is -1.74. The van der Waals surface area contributed by atoms with Gasteiger partial charge in [-0.25, -0.2) is 8.42 Å². The highest BCUT2D eigenvalue weighted by atomic mass is 32.2. The van der Waals surface area contributed by atoms with E-state index in [1.54, 1.807) is 12.1 Å². The molecule has 0 saturated carbocycles. The van der Waals surface area contributed by atoms with Crippen molar-refractivity contribution in [2.24, 2.45) is 0 Å². The molecule has 2 aromatic carbocycles. The lowest BCUT2D eigenvalue weighted by atomic mass is 9.94. The van der Waals surface area contributed by atoms with E-state index >= 15 is 0 Å². The second-order valence-corrected chi connectivity index (χ2v) is 10.5. The maximum absolute atomic E-state index is 12.4. The molecule has 0 aliphatic carbocycles. The minimum atomic E-state index is -3.74. The molecule has 0 saturated heterocycles. The lowest BCUT2D eigenvalue weighted by Gasteiger charge is -2.24. The molecule has 0 aliphatic heterocycles. The molecule has 8 heteroatoms. The van der Waals surface area contributed by atoms with E-state index < -0.39 is 26.1 Å². The Bertz CT molecular complexity index is 1010. The molecule has 0 amide bonds. The summed E-state index contributed by atoms with van der Waals surface area (Å²) in [5.41, 5.74) is 3.31. The highest BCUT2D eigenvalue weighted by molar-refractivity contribution is 7.90. The van der Waals surface area contributed by atoms with Crippen molar-refractivity contribution in [1.29, 1.82) is 0 Å². The maximum atomic E-state index is 12.4. The zero-order chi connectivity index (χ0) is 19.7. The predicted molar refractivity (Wildman–Crippen MR) is 103 cm³/mol. The summed E-state index contributed by atoms with van der Waals surface area (Å²) >= 11 is 0. The minimum absolute atomic E-state index is 0.147. The zero-order valence-corrected chi connectivity index (χ0v) is 17.1. The Morgan fingerprint density at radius 1 is 0.962 bits per heavy atom. The topological polar surface area (TPSA) is 83.6 Å². The normalized spacial score (nSPS) is 13.8. The fraction of sp³-hybridized carbons (Fsp3) is 0.333. The van der Waals surface area contributed by atoms with Crippen LogP contribution in [0.1, 0.15) is 28.3 Å². The third-order valence-electron chi connectivity index (χ3n) is 4.10. The van der Waals surface area contributed by atoms with Crippen LogP contribution in [0.2, 0.25) is 0 Å². The van der Waals surface area contributed by atoms with Gasteiger partial charge in [0, 0.05) is 20.4 Å². The number of nitrogens with one attached hydrogen (secondary N) is 1. The highest BCUT2D eigenvalue weighted by Gasteiger charge is 2.25. The Balaban J connectivity index is 2.65. The van der Waals surface area contributed by atoms with Crippen molar-refractivity contribution in [1.82, 2.24) is 9.03 Å². The van der Waals surface area contributed by atoms with Gasteiger partial charge in [0.15, 0.2) is 9.84 Å². The van der Waals surface area contributed by atoms with E-state index in [0.717, 1.165) is 27.3 Å². The van der Waals surface area contributed by atoms with Gasteiger partial charge in [-0.1, -0.05) is 35.9 Å². The number of aryl methyl sites for hydroxylation is 2. The molecule has 0 fully saturated rings. The van der Waals surface area contributed by atoms with Crippen LogP contribution in [0.25, 0.3) is 0 Å². The van der Waals surface area contributed by atoms with Gasteiger partial charge >= 0.3 is 0 Å². The Kier molecular flexibility index (Phi) is 5.92.